The lowest BCUT2D eigenvalue weighted by Gasteiger charge is -2.26. The third-order valence-corrected chi connectivity index (χ3v) is 4.42. The third-order valence-electron chi connectivity index (χ3n) is 3.58. The summed E-state index contributed by atoms with van der Waals surface area (Å²) in [5, 5.41) is 19.4. The Labute approximate surface area is 105 Å². The first-order valence-corrected chi connectivity index (χ1v) is 6.94. The highest BCUT2D eigenvalue weighted by Crippen LogP contribution is 2.46. The lowest BCUT2D eigenvalue weighted by atomic mass is 9.79. The van der Waals surface area contributed by atoms with Crippen LogP contribution in [0, 0.1) is 0 Å². The highest BCUT2D eigenvalue weighted by molar-refractivity contribution is 7.98. The molecule has 3 nitrogen and oxygen atoms in total. The van der Waals surface area contributed by atoms with Gasteiger partial charge in [-0.2, -0.15) is 0 Å². The van der Waals surface area contributed by atoms with Gasteiger partial charge in [-0.3, -0.25) is 4.79 Å². The van der Waals surface area contributed by atoms with Crippen LogP contribution in [0.1, 0.15) is 31.2 Å². The molecular weight excluding hydrogens is 236 g/mol. The number of benzene rings is 1. The van der Waals surface area contributed by atoms with Gasteiger partial charge in [0.15, 0.2) is 0 Å². The molecule has 0 amide bonds. The predicted molar refractivity (Wildman–Crippen MR) is 67.7 cm³/mol. The van der Waals surface area contributed by atoms with Crippen LogP contribution in [0.5, 0.6) is 5.75 Å². The first kappa shape index (κ1) is 12.3. The topological polar surface area (TPSA) is 57.5 Å². The number of hydrogen-bond acceptors (Lipinski definition) is 3. The number of phenols is 1. The van der Waals surface area contributed by atoms with E-state index in [9.17, 15) is 15.0 Å². The van der Waals surface area contributed by atoms with Gasteiger partial charge in [0.05, 0.1) is 10.3 Å². The van der Waals surface area contributed by atoms with Crippen molar-refractivity contribution in [1.82, 2.24) is 0 Å². The van der Waals surface area contributed by atoms with Crippen molar-refractivity contribution < 1.29 is 15.0 Å². The Morgan fingerprint density at radius 3 is 2.53 bits per heavy atom. The predicted octanol–water partition coefficient (Wildman–Crippen LogP) is 3.01. The van der Waals surface area contributed by atoms with Crippen LogP contribution in [0.3, 0.4) is 0 Å². The fourth-order valence-corrected chi connectivity index (χ4v) is 3.45. The molecule has 0 unspecified atom stereocenters. The molecule has 4 heteroatoms. The van der Waals surface area contributed by atoms with E-state index in [0.717, 1.165) is 18.4 Å². The monoisotopic (exact) mass is 252 g/mol. The maximum absolute atomic E-state index is 11.6. The van der Waals surface area contributed by atoms with E-state index >= 15 is 0 Å². The van der Waals surface area contributed by atoms with Crippen LogP contribution in [-0.2, 0) is 10.2 Å². The summed E-state index contributed by atoms with van der Waals surface area (Å²) in [6.07, 6.45) is 5.08. The van der Waals surface area contributed by atoms with Gasteiger partial charge in [0.25, 0.3) is 0 Å². The Hall–Kier alpha value is -1.16. The minimum atomic E-state index is -0.795. The van der Waals surface area contributed by atoms with Crippen molar-refractivity contribution in [3.63, 3.8) is 0 Å². The van der Waals surface area contributed by atoms with Gasteiger partial charge in [-0.25, -0.2) is 0 Å². The summed E-state index contributed by atoms with van der Waals surface area (Å²) in [6, 6.07) is 5.18. The van der Waals surface area contributed by atoms with Crippen molar-refractivity contribution in [2.24, 2.45) is 0 Å². The summed E-state index contributed by atoms with van der Waals surface area (Å²) < 4.78 is 0. The van der Waals surface area contributed by atoms with Crippen LogP contribution < -0.4 is 0 Å². The number of rotatable bonds is 3. The number of carboxylic acid groups (broad SMARTS) is 1. The molecule has 0 aromatic heterocycles. The Morgan fingerprint density at radius 2 is 2.00 bits per heavy atom. The molecule has 92 valence electrons. The number of carbonyl (C=O) groups is 1. The molecule has 0 radical (unpaired) electrons. The van der Waals surface area contributed by atoms with E-state index in [1.165, 1.54) is 11.8 Å². The summed E-state index contributed by atoms with van der Waals surface area (Å²) in [4.78, 5) is 12.3. The Morgan fingerprint density at radius 1 is 1.35 bits per heavy atom. The largest absolute Gasteiger partial charge is 0.507 e. The Balaban J connectivity index is 2.58. The number of hydrogen-bond donors (Lipinski definition) is 2. The van der Waals surface area contributed by atoms with Crippen molar-refractivity contribution in [3.05, 3.63) is 23.8 Å². The van der Waals surface area contributed by atoms with E-state index in [1.54, 1.807) is 12.1 Å². The van der Waals surface area contributed by atoms with E-state index in [-0.39, 0.29) is 5.75 Å². The molecule has 1 aromatic carbocycles. The van der Waals surface area contributed by atoms with Gasteiger partial charge in [-0.15, -0.1) is 11.8 Å². The molecule has 17 heavy (non-hydrogen) atoms. The number of aromatic hydroxyl groups is 1. The molecular formula is C13H16O3S. The van der Waals surface area contributed by atoms with Crippen molar-refractivity contribution in [2.45, 2.75) is 36.0 Å². The smallest absolute Gasteiger partial charge is 0.314 e. The maximum Gasteiger partial charge on any atom is 0.314 e. The molecule has 0 heterocycles. The Kier molecular flexibility index (Phi) is 3.33. The second-order valence-electron chi connectivity index (χ2n) is 4.45. The molecule has 0 aliphatic heterocycles. The summed E-state index contributed by atoms with van der Waals surface area (Å²) >= 11 is 1.41. The average Bonchev–Trinajstić information content (AvgIpc) is 2.78. The van der Waals surface area contributed by atoms with Crippen LogP contribution in [0.25, 0.3) is 0 Å². The first-order chi connectivity index (χ1) is 8.12. The van der Waals surface area contributed by atoms with Crippen molar-refractivity contribution in [3.8, 4) is 5.75 Å². The second-order valence-corrected chi connectivity index (χ2v) is 5.27. The van der Waals surface area contributed by atoms with Crippen LogP contribution in [0.15, 0.2) is 23.1 Å². The molecule has 2 rings (SSSR count). The minimum Gasteiger partial charge on any atom is -0.507 e. The van der Waals surface area contributed by atoms with Gasteiger partial charge >= 0.3 is 5.97 Å². The number of carboxylic acids is 1. The van der Waals surface area contributed by atoms with Gasteiger partial charge in [0.2, 0.25) is 0 Å². The zero-order valence-corrected chi connectivity index (χ0v) is 10.6. The molecule has 1 fully saturated rings. The lowest BCUT2D eigenvalue weighted by molar-refractivity contribution is -0.143. The molecule has 0 spiro atoms. The normalized spacial score (nSPS) is 18.2. The van der Waals surface area contributed by atoms with E-state index in [2.05, 4.69) is 0 Å². The number of phenolic OH excluding ortho intramolecular Hbond substituents is 1. The minimum absolute atomic E-state index is 0.183. The standard InChI is InChI=1S/C13H16O3S/c1-17-11-9(5-4-6-10(11)14)13(12(15)16)7-2-3-8-13/h4-6,14H,2-3,7-8H2,1H3,(H,15,16). The zero-order valence-electron chi connectivity index (χ0n) is 9.77. The quantitative estimate of drug-likeness (QED) is 0.812. The van der Waals surface area contributed by atoms with Crippen molar-refractivity contribution in [2.75, 3.05) is 6.26 Å². The summed E-state index contributed by atoms with van der Waals surface area (Å²) in [5.41, 5.74) is -0.0214. The van der Waals surface area contributed by atoms with Crippen molar-refractivity contribution in [1.29, 1.82) is 0 Å². The van der Waals surface area contributed by atoms with Gasteiger partial charge in [-0.05, 0) is 30.7 Å². The average molecular weight is 252 g/mol. The van der Waals surface area contributed by atoms with E-state index in [0.29, 0.717) is 17.7 Å². The van der Waals surface area contributed by atoms with E-state index < -0.39 is 11.4 Å². The molecule has 1 aliphatic carbocycles. The van der Waals surface area contributed by atoms with Crippen LogP contribution in [0.2, 0.25) is 0 Å². The van der Waals surface area contributed by atoms with Gasteiger partial charge in [0, 0.05) is 0 Å². The fourth-order valence-electron chi connectivity index (χ4n) is 2.69. The first-order valence-electron chi connectivity index (χ1n) is 5.71. The van der Waals surface area contributed by atoms with Crippen LogP contribution >= 0.6 is 11.8 Å². The summed E-state index contributed by atoms with van der Waals surface area (Å²) in [6.45, 7) is 0. The van der Waals surface area contributed by atoms with Crippen molar-refractivity contribution >= 4 is 17.7 Å². The summed E-state index contributed by atoms with van der Waals surface area (Å²) in [5.74, 6) is -0.585. The second kappa shape index (κ2) is 4.61. The Bertz CT molecular complexity index is 436. The SMILES string of the molecule is CSc1c(O)cccc1C1(C(=O)O)CCCC1. The highest BCUT2D eigenvalue weighted by atomic mass is 32.2. The third kappa shape index (κ3) is 1.90. The molecule has 1 aromatic rings. The zero-order chi connectivity index (χ0) is 12.5. The van der Waals surface area contributed by atoms with Crippen LogP contribution in [0.4, 0.5) is 0 Å². The van der Waals surface area contributed by atoms with Crippen LogP contribution in [-0.4, -0.2) is 22.4 Å². The molecule has 0 bridgehead atoms. The molecule has 2 N–H and O–H groups in total. The number of thioether (sulfide) groups is 1. The fraction of sp³-hybridized carbons (Fsp3) is 0.462. The van der Waals surface area contributed by atoms with E-state index in [1.807, 2.05) is 12.3 Å². The summed E-state index contributed by atoms with van der Waals surface area (Å²) in [7, 11) is 0. The molecule has 0 saturated heterocycles. The van der Waals surface area contributed by atoms with E-state index in [4.69, 9.17) is 0 Å². The molecule has 1 saturated carbocycles. The van der Waals surface area contributed by atoms with Gasteiger partial charge < -0.3 is 10.2 Å². The molecule has 0 atom stereocenters. The van der Waals surface area contributed by atoms with Gasteiger partial charge in [-0.1, -0.05) is 25.0 Å². The number of aliphatic carboxylic acids is 1. The highest BCUT2D eigenvalue weighted by Gasteiger charge is 2.44. The lowest BCUT2D eigenvalue weighted by Crippen LogP contribution is -2.33. The van der Waals surface area contributed by atoms with Gasteiger partial charge in [0.1, 0.15) is 5.75 Å². The molecule has 1 aliphatic rings. The maximum atomic E-state index is 11.6.